The van der Waals surface area contributed by atoms with Crippen molar-refractivity contribution in [2.24, 2.45) is 0 Å². The monoisotopic (exact) mass is 198 g/mol. The van der Waals surface area contributed by atoms with Gasteiger partial charge in [0.15, 0.2) is 0 Å². The summed E-state index contributed by atoms with van der Waals surface area (Å²) in [5, 5.41) is 7.60. The van der Waals surface area contributed by atoms with Gasteiger partial charge in [0, 0.05) is 6.08 Å². The molecule has 0 unspecified atom stereocenters. The first-order valence-corrected chi connectivity index (χ1v) is 5.39. The van der Waals surface area contributed by atoms with E-state index in [-0.39, 0.29) is 0 Å². The van der Waals surface area contributed by atoms with Crippen molar-refractivity contribution in [1.82, 2.24) is 0 Å². The minimum absolute atomic E-state index is 0.833. The molecule has 1 aromatic rings. The van der Waals surface area contributed by atoms with Crippen LogP contribution in [0.25, 0.3) is 6.08 Å². The number of hydrogen-bond donors (Lipinski definition) is 1. The maximum atomic E-state index is 9.25. The summed E-state index contributed by atoms with van der Waals surface area (Å²) < 4.78 is 2.18. The molecule has 0 aliphatic carbocycles. The van der Waals surface area contributed by atoms with Crippen molar-refractivity contribution in [3.8, 4) is 0 Å². The zero-order valence-electron chi connectivity index (χ0n) is 8.18. The van der Waals surface area contributed by atoms with Gasteiger partial charge in [-0.2, -0.15) is 0 Å². The first kappa shape index (κ1) is 13.2. The van der Waals surface area contributed by atoms with Gasteiger partial charge in [-0.1, -0.05) is 6.58 Å². The second kappa shape index (κ2) is 8.75. The predicted octanol–water partition coefficient (Wildman–Crippen LogP) is 2.08. The molecule has 2 nitrogen and oxygen atoms in total. The van der Waals surface area contributed by atoms with Gasteiger partial charge in [-0.05, 0) is 0 Å². The standard InChI is InChI=1S/C8H7.C3H4O2.Na/c1-2-8-6-4-3-5-7-8;1-2-3(4)5;/h1-7H;2H,1H2,(H,4,5);. The maximum absolute atomic E-state index is 9.25. The SMILES string of the molecule is C=CC(=O)O.[Na][CH]=Cc1ccccc1. The fourth-order valence-electron chi connectivity index (χ4n) is 0.757. The van der Waals surface area contributed by atoms with Gasteiger partial charge in [-0.25, -0.2) is 4.79 Å². The Labute approximate surface area is 101 Å². The van der Waals surface area contributed by atoms with Crippen molar-refractivity contribution < 1.29 is 9.90 Å². The van der Waals surface area contributed by atoms with E-state index in [1.54, 1.807) is 0 Å². The van der Waals surface area contributed by atoms with Crippen molar-refractivity contribution in [2.75, 3.05) is 0 Å². The Morgan fingerprint density at radius 1 is 1.36 bits per heavy atom. The topological polar surface area (TPSA) is 37.3 Å². The van der Waals surface area contributed by atoms with E-state index in [9.17, 15) is 4.79 Å². The van der Waals surface area contributed by atoms with Crippen molar-refractivity contribution in [3.63, 3.8) is 0 Å². The quantitative estimate of drug-likeness (QED) is 0.583. The molecule has 0 bridgehead atoms. The summed E-state index contributed by atoms with van der Waals surface area (Å²) in [5.41, 5.74) is 1.30. The number of aliphatic carboxylic acids is 1. The van der Waals surface area contributed by atoms with Crippen molar-refractivity contribution >= 4 is 40.0 Å². The van der Waals surface area contributed by atoms with Crippen LogP contribution in [-0.2, 0) is 4.79 Å². The second-order valence-corrected chi connectivity index (χ2v) is 3.12. The van der Waals surface area contributed by atoms with Gasteiger partial charge in [0.1, 0.15) is 0 Å². The van der Waals surface area contributed by atoms with Gasteiger partial charge in [0.05, 0.1) is 0 Å². The number of carboxylic acid groups (broad SMARTS) is 1. The van der Waals surface area contributed by atoms with Gasteiger partial charge in [-0.3, -0.25) is 0 Å². The molecule has 0 heterocycles. The molecule has 1 aromatic carbocycles. The first-order chi connectivity index (χ1) is 6.70. The molecular formula is C11H11NaO2. The molecule has 0 saturated carbocycles. The van der Waals surface area contributed by atoms with Crippen molar-refractivity contribution in [1.29, 1.82) is 0 Å². The number of rotatable bonds is 2. The van der Waals surface area contributed by atoms with Crippen molar-refractivity contribution in [2.45, 2.75) is 0 Å². The van der Waals surface area contributed by atoms with Crippen LogP contribution in [0, 0.1) is 0 Å². The Morgan fingerprint density at radius 2 is 1.86 bits per heavy atom. The summed E-state index contributed by atoms with van der Waals surface area (Å²) in [6, 6.07) is 10.3. The van der Waals surface area contributed by atoms with E-state index in [0.29, 0.717) is 0 Å². The van der Waals surface area contributed by atoms with Crippen LogP contribution in [0.15, 0.2) is 46.3 Å². The number of carbonyl (C=O) groups is 1. The van der Waals surface area contributed by atoms with E-state index in [2.05, 4.69) is 40.2 Å². The molecule has 1 N–H and O–H groups in total. The van der Waals surface area contributed by atoms with E-state index in [1.807, 2.05) is 6.07 Å². The molecule has 3 heteroatoms. The predicted molar refractivity (Wildman–Crippen MR) is 59.1 cm³/mol. The Kier molecular flexibility index (Phi) is 8.24. The molecule has 0 spiro atoms. The minimum atomic E-state index is -0.981. The Balaban J connectivity index is 0.000000292. The summed E-state index contributed by atoms with van der Waals surface area (Å²) in [7, 11) is 0. The molecule has 0 aliphatic heterocycles. The zero-order valence-corrected chi connectivity index (χ0v) is 10.2. The molecule has 0 radical (unpaired) electrons. The summed E-state index contributed by atoms with van der Waals surface area (Å²) in [6.07, 6.45) is 2.98. The van der Waals surface area contributed by atoms with Crippen LogP contribution in [-0.4, -0.2) is 39.0 Å². The number of benzene rings is 1. The van der Waals surface area contributed by atoms with E-state index in [4.69, 9.17) is 5.11 Å². The normalized spacial score (nSPS) is 9.00. The second-order valence-electron chi connectivity index (χ2n) is 2.45. The molecule has 68 valence electrons. The van der Waals surface area contributed by atoms with Crippen LogP contribution < -0.4 is 0 Å². The van der Waals surface area contributed by atoms with Crippen LogP contribution in [0.4, 0.5) is 0 Å². The average molecular weight is 198 g/mol. The van der Waals surface area contributed by atoms with Gasteiger partial charge < -0.3 is 5.11 Å². The van der Waals surface area contributed by atoms with Gasteiger partial charge in [0.25, 0.3) is 0 Å². The Bertz CT molecular complexity index is 304. The molecule has 0 aliphatic rings. The van der Waals surface area contributed by atoms with Gasteiger partial charge in [-0.15, -0.1) is 0 Å². The molecule has 1 rings (SSSR count). The zero-order chi connectivity index (χ0) is 10.8. The van der Waals surface area contributed by atoms with E-state index >= 15 is 0 Å². The summed E-state index contributed by atoms with van der Waals surface area (Å²) in [6.45, 7) is 2.96. The summed E-state index contributed by atoms with van der Waals surface area (Å²) in [4.78, 5) is 9.25. The first-order valence-electron chi connectivity index (χ1n) is 4.23. The molecule has 14 heavy (non-hydrogen) atoms. The molecule has 0 amide bonds. The fourth-order valence-corrected chi connectivity index (χ4v) is 1.14. The summed E-state index contributed by atoms with van der Waals surface area (Å²) in [5.74, 6) is -0.981. The van der Waals surface area contributed by atoms with E-state index in [1.165, 1.54) is 5.56 Å². The Hall–Kier alpha value is -0.830. The third kappa shape index (κ3) is 7.80. The van der Waals surface area contributed by atoms with Crippen LogP contribution in [0.5, 0.6) is 0 Å². The number of hydrogen-bond acceptors (Lipinski definition) is 1. The van der Waals surface area contributed by atoms with Gasteiger partial charge in [0.2, 0.25) is 0 Å². The third-order valence-corrected chi connectivity index (χ3v) is 1.67. The molecular weight excluding hydrogens is 187 g/mol. The average Bonchev–Trinajstić information content (AvgIpc) is 2.21. The Morgan fingerprint density at radius 3 is 2.21 bits per heavy atom. The van der Waals surface area contributed by atoms with Crippen LogP contribution in [0.2, 0.25) is 0 Å². The summed E-state index contributed by atoms with van der Waals surface area (Å²) >= 11 is 1.14. The van der Waals surface area contributed by atoms with Crippen LogP contribution in [0.1, 0.15) is 5.56 Å². The molecule has 0 fully saturated rings. The number of carboxylic acids is 1. The van der Waals surface area contributed by atoms with Crippen LogP contribution in [0.3, 0.4) is 0 Å². The van der Waals surface area contributed by atoms with Gasteiger partial charge >= 0.3 is 79.2 Å². The third-order valence-electron chi connectivity index (χ3n) is 1.33. The fraction of sp³-hybridized carbons (Fsp3) is 0. The van der Waals surface area contributed by atoms with E-state index in [0.717, 1.165) is 34.0 Å². The van der Waals surface area contributed by atoms with E-state index < -0.39 is 5.97 Å². The molecule has 0 aromatic heterocycles. The molecule has 0 saturated heterocycles. The molecule has 0 atom stereocenters. The van der Waals surface area contributed by atoms with Crippen molar-refractivity contribution in [3.05, 3.63) is 51.9 Å². The van der Waals surface area contributed by atoms with Crippen LogP contribution >= 0.6 is 0 Å².